The van der Waals surface area contributed by atoms with Crippen LogP contribution in [-0.2, 0) is 19.0 Å². The fourth-order valence-corrected chi connectivity index (χ4v) is 0.931. The monoisotopic (exact) mass is 202 g/mol. The van der Waals surface area contributed by atoms with Crippen LogP contribution in [0.2, 0.25) is 0 Å². The van der Waals surface area contributed by atoms with Crippen molar-refractivity contribution in [3.05, 3.63) is 12.7 Å². The molecule has 0 aromatic carbocycles. The van der Waals surface area contributed by atoms with Crippen molar-refractivity contribution in [1.82, 2.24) is 0 Å². The molecule has 0 aliphatic rings. The minimum absolute atomic E-state index is 0.0811. The van der Waals surface area contributed by atoms with Crippen molar-refractivity contribution in [2.45, 2.75) is 26.1 Å². The molecule has 4 heteroatoms. The lowest BCUT2D eigenvalue weighted by atomic mass is 10.3. The van der Waals surface area contributed by atoms with E-state index in [0.717, 1.165) is 6.08 Å². The number of hydrogen-bond acceptors (Lipinski definition) is 4. The van der Waals surface area contributed by atoms with Gasteiger partial charge in [-0.2, -0.15) is 0 Å². The molecule has 0 aliphatic carbocycles. The highest BCUT2D eigenvalue weighted by molar-refractivity contribution is 5.81. The Hall–Kier alpha value is -0.870. The van der Waals surface area contributed by atoms with E-state index < -0.39 is 5.97 Å². The van der Waals surface area contributed by atoms with Gasteiger partial charge in [-0.15, -0.1) is 0 Å². The van der Waals surface area contributed by atoms with E-state index in [2.05, 4.69) is 6.58 Å². The van der Waals surface area contributed by atoms with Gasteiger partial charge in [-0.05, 0) is 13.8 Å². The third-order valence-corrected chi connectivity index (χ3v) is 1.40. The van der Waals surface area contributed by atoms with Gasteiger partial charge in [0.05, 0.1) is 12.7 Å². The average molecular weight is 202 g/mol. The van der Waals surface area contributed by atoms with E-state index in [1.165, 1.54) is 0 Å². The predicted octanol–water partition coefficient (Wildman–Crippen LogP) is 1.16. The van der Waals surface area contributed by atoms with Crippen LogP contribution in [0.1, 0.15) is 13.8 Å². The van der Waals surface area contributed by atoms with Crippen LogP contribution in [0.5, 0.6) is 0 Å². The molecule has 0 saturated carbocycles. The van der Waals surface area contributed by atoms with Crippen molar-refractivity contribution in [3.63, 3.8) is 0 Å². The zero-order valence-corrected chi connectivity index (χ0v) is 8.99. The summed E-state index contributed by atoms with van der Waals surface area (Å²) in [4.78, 5) is 10.8. The number of carbonyl (C=O) groups is 1. The Morgan fingerprint density at radius 2 is 2.07 bits per heavy atom. The highest BCUT2D eigenvalue weighted by atomic mass is 16.6. The first-order valence-corrected chi connectivity index (χ1v) is 4.53. The molecule has 0 aromatic heterocycles. The molecular weight excluding hydrogens is 184 g/mol. The Labute approximate surface area is 84.8 Å². The van der Waals surface area contributed by atoms with Crippen LogP contribution in [0, 0.1) is 0 Å². The topological polar surface area (TPSA) is 44.8 Å². The number of methoxy groups -OCH3 is 1. The summed E-state index contributed by atoms with van der Waals surface area (Å²) in [5.74, 6) is -0.446. The second kappa shape index (κ2) is 7.53. The van der Waals surface area contributed by atoms with E-state index in [9.17, 15) is 4.79 Å². The molecule has 0 spiro atoms. The zero-order chi connectivity index (χ0) is 11.0. The van der Waals surface area contributed by atoms with Crippen molar-refractivity contribution in [2.24, 2.45) is 0 Å². The molecule has 1 atom stereocenters. The van der Waals surface area contributed by atoms with E-state index >= 15 is 0 Å². The maximum atomic E-state index is 10.8. The molecule has 0 bridgehead atoms. The van der Waals surface area contributed by atoms with E-state index in [1.807, 2.05) is 13.8 Å². The van der Waals surface area contributed by atoms with Crippen molar-refractivity contribution < 1.29 is 19.0 Å². The normalized spacial score (nSPS) is 12.6. The van der Waals surface area contributed by atoms with Crippen LogP contribution in [-0.4, -0.2) is 38.5 Å². The van der Waals surface area contributed by atoms with Gasteiger partial charge in [-0.3, -0.25) is 0 Å². The third kappa shape index (κ3) is 6.62. The molecule has 14 heavy (non-hydrogen) atoms. The molecule has 0 N–H and O–H groups in total. The molecule has 0 rings (SSSR count). The van der Waals surface area contributed by atoms with Crippen molar-refractivity contribution in [1.29, 1.82) is 0 Å². The summed E-state index contributed by atoms with van der Waals surface area (Å²) >= 11 is 0. The Kier molecular flexibility index (Phi) is 7.06. The lowest BCUT2D eigenvalue weighted by Crippen LogP contribution is -2.28. The number of esters is 1. The first-order valence-electron chi connectivity index (χ1n) is 4.53. The Balaban J connectivity index is 3.83. The minimum Gasteiger partial charge on any atom is -0.460 e. The summed E-state index contributed by atoms with van der Waals surface area (Å²) in [6.07, 6.45) is 0.987. The second-order valence-electron chi connectivity index (χ2n) is 3.10. The summed E-state index contributed by atoms with van der Waals surface area (Å²) in [7, 11) is 1.58. The van der Waals surface area contributed by atoms with Gasteiger partial charge in [0, 0.05) is 13.2 Å². The van der Waals surface area contributed by atoms with Gasteiger partial charge in [-0.25, -0.2) is 4.79 Å². The molecule has 0 fully saturated rings. The Bertz CT molecular complexity index is 177. The lowest BCUT2D eigenvalue weighted by molar-refractivity contribution is -0.145. The largest absolute Gasteiger partial charge is 0.460 e. The van der Waals surface area contributed by atoms with Gasteiger partial charge in [0.15, 0.2) is 0 Å². The van der Waals surface area contributed by atoms with Crippen LogP contribution >= 0.6 is 0 Å². The molecule has 82 valence electrons. The van der Waals surface area contributed by atoms with Crippen molar-refractivity contribution in [3.8, 4) is 0 Å². The number of carbonyl (C=O) groups excluding carboxylic acids is 1. The third-order valence-electron chi connectivity index (χ3n) is 1.40. The molecular formula is C10H18O4. The standard InChI is InChI=1S/C10H18O4/c1-5-10(11)13-7-9(6-12-4)14-8(2)3/h5,8-9H,1,6-7H2,2-4H3. The Morgan fingerprint density at radius 3 is 2.50 bits per heavy atom. The SMILES string of the molecule is C=CC(=O)OCC(COC)OC(C)C. The Morgan fingerprint density at radius 1 is 1.43 bits per heavy atom. The maximum Gasteiger partial charge on any atom is 0.330 e. The van der Waals surface area contributed by atoms with Crippen molar-refractivity contribution >= 4 is 5.97 Å². The van der Waals surface area contributed by atoms with Crippen LogP contribution in [0.25, 0.3) is 0 Å². The fourth-order valence-electron chi connectivity index (χ4n) is 0.931. The lowest BCUT2D eigenvalue weighted by Gasteiger charge is -2.19. The van der Waals surface area contributed by atoms with Crippen LogP contribution in [0.4, 0.5) is 0 Å². The van der Waals surface area contributed by atoms with Gasteiger partial charge in [0.1, 0.15) is 12.7 Å². The van der Waals surface area contributed by atoms with E-state index in [1.54, 1.807) is 7.11 Å². The minimum atomic E-state index is -0.446. The highest BCUT2D eigenvalue weighted by Crippen LogP contribution is 2.00. The fraction of sp³-hybridized carbons (Fsp3) is 0.700. The van der Waals surface area contributed by atoms with E-state index in [4.69, 9.17) is 14.2 Å². The van der Waals surface area contributed by atoms with Crippen molar-refractivity contribution in [2.75, 3.05) is 20.3 Å². The van der Waals surface area contributed by atoms with Gasteiger partial charge in [0.2, 0.25) is 0 Å². The van der Waals surface area contributed by atoms with Gasteiger partial charge in [-0.1, -0.05) is 6.58 Å². The molecule has 0 aliphatic heterocycles. The number of rotatable bonds is 7. The molecule has 0 saturated heterocycles. The molecule has 0 radical (unpaired) electrons. The van der Waals surface area contributed by atoms with E-state index in [0.29, 0.717) is 6.61 Å². The number of hydrogen-bond donors (Lipinski definition) is 0. The first-order chi connectivity index (χ1) is 6.60. The van der Waals surface area contributed by atoms with Crippen LogP contribution in [0.15, 0.2) is 12.7 Å². The summed E-state index contributed by atoms with van der Waals surface area (Å²) in [5.41, 5.74) is 0. The summed E-state index contributed by atoms with van der Waals surface area (Å²) in [6, 6.07) is 0. The predicted molar refractivity (Wildman–Crippen MR) is 53.0 cm³/mol. The van der Waals surface area contributed by atoms with Gasteiger partial charge >= 0.3 is 5.97 Å². The molecule has 0 aromatic rings. The summed E-state index contributed by atoms with van der Waals surface area (Å²) in [5, 5.41) is 0. The number of ether oxygens (including phenoxy) is 3. The van der Waals surface area contributed by atoms with Crippen LogP contribution < -0.4 is 0 Å². The molecule has 1 unspecified atom stereocenters. The molecule has 4 nitrogen and oxygen atoms in total. The molecule has 0 heterocycles. The highest BCUT2D eigenvalue weighted by Gasteiger charge is 2.12. The quantitative estimate of drug-likeness (QED) is 0.459. The maximum absolute atomic E-state index is 10.8. The average Bonchev–Trinajstić information content (AvgIpc) is 2.13. The summed E-state index contributed by atoms with van der Waals surface area (Å²) in [6.45, 7) is 7.72. The summed E-state index contributed by atoms with van der Waals surface area (Å²) < 4.78 is 15.2. The van der Waals surface area contributed by atoms with Gasteiger partial charge < -0.3 is 14.2 Å². The zero-order valence-electron chi connectivity index (χ0n) is 8.99. The van der Waals surface area contributed by atoms with Gasteiger partial charge in [0.25, 0.3) is 0 Å². The smallest absolute Gasteiger partial charge is 0.330 e. The second-order valence-corrected chi connectivity index (χ2v) is 3.10. The molecule has 0 amide bonds. The first kappa shape index (κ1) is 13.1. The van der Waals surface area contributed by atoms with E-state index in [-0.39, 0.29) is 18.8 Å². The van der Waals surface area contributed by atoms with Crippen LogP contribution in [0.3, 0.4) is 0 Å².